The first-order valence-corrected chi connectivity index (χ1v) is 14.4. The van der Waals surface area contributed by atoms with Crippen molar-refractivity contribution < 1.29 is 9.53 Å². The molecular formula is C30H25Cl2N3O2S2. The molecular weight excluding hydrogens is 569 g/mol. The molecule has 39 heavy (non-hydrogen) atoms. The van der Waals surface area contributed by atoms with E-state index in [9.17, 15) is 4.79 Å². The summed E-state index contributed by atoms with van der Waals surface area (Å²) in [5.41, 5.74) is 4.24. The van der Waals surface area contributed by atoms with Crippen molar-refractivity contribution in [2.45, 2.75) is 32.9 Å². The Balaban J connectivity index is 1.45. The lowest BCUT2D eigenvalue weighted by Crippen LogP contribution is -2.36. The summed E-state index contributed by atoms with van der Waals surface area (Å²) >= 11 is 19.1. The number of rotatable bonds is 8. The number of amides is 1. The Labute approximate surface area is 247 Å². The normalized spacial score (nSPS) is 15.3. The largest absolute Gasteiger partial charge is 0.489 e. The van der Waals surface area contributed by atoms with Gasteiger partial charge < -0.3 is 4.74 Å². The molecule has 1 fully saturated rings. The lowest BCUT2D eigenvalue weighted by atomic mass is 10.1. The van der Waals surface area contributed by atoms with Crippen molar-refractivity contribution >= 4 is 63.5 Å². The number of para-hydroxylation sites is 1. The fourth-order valence-corrected chi connectivity index (χ4v) is 6.04. The average Bonchev–Trinajstić information content (AvgIpc) is 3.48. The zero-order chi connectivity index (χ0) is 27.5. The lowest BCUT2D eigenvalue weighted by molar-refractivity contribution is -0.123. The van der Waals surface area contributed by atoms with Gasteiger partial charge in [-0.2, -0.15) is 5.10 Å². The number of carbonyl (C=O) groups is 1. The van der Waals surface area contributed by atoms with Crippen LogP contribution in [0.15, 0.2) is 83.9 Å². The van der Waals surface area contributed by atoms with Crippen molar-refractivity contribution in [2.75, 3.05) is 0 Å². The molecule has 0 spiro atoms. The third kappa shape index (κ3) is 6.07. The fourth-order valence-electron chi connectivity index (χ4n) is 4.12. The van der Waals surface area contributed by atoms with Crippen LogP contribution in [0.1, 0.15) is 31.4 Å². The second kappa shape index (κ2) is 12.0. The lowest BCUT2D eigenvalue weighted by Gasteiger charge is -2.21. The van der Waals surface area contributed by atoms with Gasteiger partial charge in [-0.3, -0.25) is 9.69 Å². The van der Waals surface area contributed by atoms with Gasteiger partial charge in [0.25, 0.3) is 5.91 Å². The Hall–Kier alpha value is -3.10. The van der Waals surface area contributed by atoms with Gasteiger partial charge in [0.1, 0.15) is 16.7 Å². The summed E-state index contributed by atoms with van der Waals surface area (Å²) in [6.45, 7) is 4.38. The number of thioether (sulfide) groups is 1. The van der Waals surface area contributed by atoms with Crippen LogP contribution in [0.4, 0.5) is 0 Å². The van der Waals surface area contributed by atoms with E-state index in [0.29, 0.717) is 31.6 Å². The molecule has 0 aliphatic carbocycles. The number of halogens is 2. The van der Waals surface area contributed by atoms with Crippen molar-refractivity contribution in [3.63, 3.8) is 0 Å². The fraction of sp³-hybridized carbons (Fsp3) is 0.167. The highest BCUT2D eigenvalue weighted by atomic mass is 35.5. The number of benzene rings is 3. The Morgan fingerprint density at radius 1 is 1.08 bits per heavy atom. The van der Waals surface area contributed by atoms with Crippen LogP contribution in [0.3, 0.4) is 0 Å². The van der Waals surface area contributed by atoms with Gasteiger partial charge in [0.15, 0.2) is 0 Å². The second-order valence-corrected chi connectivity index (χ2v) is 11.6. The molecule has 4 aromatic rings. The first-order chi connectivity index (χ1) is 18.8. The van der Waals surface area contributed by atoms with E-state index < -0.39 is 0 Å². The Morgan fingerprint density at radius 3 is 2.51 bits per heavy atom. The number of aromatic nitrogens is 2. The van der Waals surface area contributed by atoms with Crippen LogP contribution in [-0.4, -0.2) is 30.9 Å². The highest BCUT2D eigenvalue weighted by Gasteiger charge is 2.35. The molecule has 9 heteroatoms. The minimum Gasteiger partial charge on any atom is -0.489 e. The molecule has 0 saturated carbocycles. The van der Waals surface area contributed by atoms with E-state index in [1.165, 1.54) is 11.8 Å². The number of carbonyl (C=O) groups excluding carboxylic acids is 1. The summed E-state index contributed by atoms with van der Waals surface area (Å²) in [5, 5.41) is 6.03. The van der Waals surface area contributed by atoms with Gasteiger partial charge in [0, 0.05) is 39.0 Å². The first-order valence-electron chi connectivity index (χ1n) is 12.4. The quantitative estimate of drug-likeness (QED) is 0.151. The minimum atomic E-state index is -0.0673. The standard InChI is InChI=1S/C30H25Cl2N3O2S2/c1-3-19(2)35-29(36)27(39-30(35)38)15-22-17-34(24-7-5-4-6-8-24)33-28(22)20-10-13-25(14-11-20)37-18-21-9-12-23(31)16-26(21)32/h4-17,19H,3,18H2,1-2H3/b27-15-/t19-/m1/s1. The van der Waals surface area contributed by atoms with E-state index in [2.05, 4.69) is 0 Å². The number of thiocarbonyl (C=S) groups is 1. The number of hydrogen-bond donors (Lipinski definition) is 0. The molecule has 1 amide bonds. The van der Waals surface area contributed by atoms with Crippen LogP contribution in [-0.2, 0) is 11.4 Å². The number of ether oxygens (including phenoxy) is 1. The van der Waals surface area contributed by atoms with Crippen molar-refractivity contribution in [3.8, 4) is 22.7 Å². The maximum Gasteiger partial charge on any atom is 0.266 e. The van der Waals surface area contributed by atoms with Crippen LogP contribution in [0.5, 0.6) is 5.75 Å². The maximum atomic E-state index is 13.2. The molecule has 5 nitrogen and oxygen atoms in total. The van der Waals surface area contributed by atoms with Gasteiger partial charge in [-0.25, -0.2) is 4.68 Å². The summed E-state index contributed by atoms with van der Waals surface area (Å²) in [7, 11) is 0. The van der Waals surface area contributed by atoms with E-state index in [1.807, 2.05) is 91.5 Å². The Morgan fingerprint density at radius 2 is 1.82 bits per heavy atom. The van der Waals surface area contributed by atoms with E-state index in [4.69, 9.17) is 45.3 Å². The molecule has 1 aliphatic heterocycles. The monoisotopic (exact) mass is 593 g/mol. The number of nitrogens with zero attached hydrogens (tertiary/aromatic N) is 3. The molecule has 3 aromatic carbocycles. The molecule has 2 heterocycles. The Kier molecular flexibility index (Phi) is 8.43. The summed E-state index contributed by atoms with van der Waals surface area (Å²) in [6, 6.07) is 23.0. The van der Waals surface area contributed by atoms with Gasteiger partial charge in [0.2, 0.25) is 0 Å². The van der Waals surface area contributed by atoms with Crippen molar-refractivity contribution in [3.05, 3.63) is 105 Å². The smallest absolute Gasteiger partial charge is 0.266 e. The van der Waals surface area contributed by atoms with Crippen LogP contribution < -0.4 is 4.74 Å². The maximum absolute atomic E-state index is 13.2. The zero-order valence-corrected chi connectivity index (χ0v) is 24.4. The van der Waals surface area contributed by atoms with E-state index >= 15 is 0 Å². The van der Waals surface area contributed by atoms with Crippen molar-refractivity contribution in [2.24, 2.45) is 0 Å². The average molecular weight is 595 g/mol. The summed E-state index contributed by atoms with van der Waals surface area (Å²) in [6.07, 6.45) is 4.65. The summed E-state index contributed by atoms with van der Waals surface area (Å²) in [4.78, 5) is 15.5. The molecule has 5 rings (SSSR count). The van der Waals surface area contributed by atoms with Crippen LogP contribution in [0, 0.1) is 0 Å². The van der Waals surface area contributed by atoms with Gasteiger partial charge in [-0.15, -0.1) is 0 Å². The molecule has 198 valence electrons. The molecule has 1 atom stereocenters. The van der Waals surface area contributed by atoms with E-state index in [1.54, 1.807) is 17.0 Å². The zero-order valence-electron chi connectivity index (χ0n) is 21.3. The molecule has 0 unspecified atom stereocenters. The highest BCUT2D eigenvalue weighted by molar-refractivity contribution is 8.26. The third-order valence-electron chi connectivity index (χ3n) is 6.44. The molecule has 0 radical (unpaired) electrons. The summed E-state index contributed by atoms with van der Waals surface area (Å²) < 4.78 is 8.36. The van der Waals surface area contributed by atoms with Gasteiger partial charge >= 0.3 is 0 Å². The van der Waals surface area contributed by atoms with Gasteiger partial charge in [-0.1, -0.05) is 78.4 Å². The third-order valence-corrected chi connectivity index (χ3v) is 8.36. The van der Waals surface area contributed by atoms with Crippen LogP contribution >= 0.6 is 47.2 Å². The molecule has 1 aliphatic rings. The van der Waals surface area contributed by atoms with E-state index in [0.717, 1.165) is 34.5 Å². The molecule has 1 aromatic heterocycles. The van der Waals surface area contributed by atoms with Gasteiger partial charge in [-0.05, 0) is 68.0 Å². The van der Waals surface area contributed by atoms with Crippen molar-refractivity contribution in [1.29, 1.82) is 0 Å². The van der Waals surface area contributed by atoms with Crippen molar-refractivity contribution in [1.82, 2.24) is 14.7 Å². The highest BCUT2D eigenvalue weighted by Crippen LogP contribution is 2.36. The first kappa shape index (κ1) is 27.5. The summed E-state index contributed by atoms with van der Waals surface area (Å²) in [5.74, 6) is 0.630. The molecule has 0 bridgehead atoms. The second-order valence-electron chi connectivity index (χ2n) is 9.07. The number of hydrogen-bond acceptors (Lipinski definition) is 5. The SMILES string of the molecule is CC[C@@H](C)N1C(=O)/C(=C/c2cn(-c3ccccc3)nc2-c2ccc(OCc3ccc(Cl)cc3Cl)cc2)SC1=S. The van der Waals surface area contributed by atoms with Crippen LogP contribution in [0.2, 0.25) is 10.0 Å². The molecule has 1 saturated heterocycles. The predicted octanol–water partition coefficient (Wildman–Crippen LogP) is 8.42. The topological polar surface area (TPSA) is 47.4 Å². The van der Waals surface area contributed by atoms with Gasteiger partial charge in [0.05, 0.1) is 16.3 Å². The Bertz CT molecular complexity index is 1550. The van der Waals surface area contributed by atoms with Crippen LogP contribution in [0.25, 0.3) is 23.0 Å². The molecule has 0 N–H and O–H groups in total. The predicted molar refractivity (Wildman–Crippen MR) is 165 cm³/mol. The van der Waals surface area contributed by atoms with E-state index in [-0.39, 0.29) is 11.9 Å². The minimum absolute atomic E-state index is 0.0465.